The Morgan fingerprint density at radius 3 is 2.67 bits per heavy atom. The maximum Gasteiger partial charge on any atom is 0.104 e. The molecule has 102 valence electrons. The van der Waals surface area contributed by atoms with Gasteiger partial charge in [0, 0.05) is 11.1 Å². The Morgan fingerprint density at radius 1 is 1.05 bits per heavy atom. The summed E-state index contributed by atoms with van der Waals surface area (Å²) in [5.74, 6) is 0. The third kappa shape index (κ3) is 2.62. The molecule has 0 spiro atoms. The first-order valence-corrected chi connectivity index (χ1v) is 6.73. The molecule has 3 heteroatoms. The minimum absolute atomic E-state index is 0.546. The average Bonchev–Trinajstić information content (AvgIpc) is 2.53. The van der Waals surface area contributed by atoms with Crippen LogP contribution >= 0.6 is 0 Å². The number of hydrogen-bond acceptors (Lipinski definition) is 3. The summed E-state index contributed by atoms with van der Waals surface area (Å²) in [7, 11) is 0. The molecule has 1 atom stereocenters. The Labute approximate surface area is 123 Å². The van der Waals surface area contributed by atoms with Crippen molar-refractivity contribution < 1.29 is 5.11 Å². The monoisotopic (exact) mass is 274 g/mol. The standard InChI is InChI=1S/C18H14N2O/c1-12-5-6-14-10-16(7-8-17(14)20-12)18(21)15-4-2-3-13(9-15)11-19/h2-10,18,21H,1H3. The van der Waals surface area contributed by atoms with E-state index in [1.54, 1.807) is 18.2 Å². The fourth-order valence-electron chi connectivity index (χ4n) is 2.39. The predicted molar refractivity (Wildman–Crippen MR) is 81.7 cm³/mol. The van der Waals surface area contributed by atoms with Crippen molar-refractivity contribution in [2.45, 2.75) is 13.0 Å². The molecule has 0 radical (unpaired) electrons. The molecular formula is C18H14N2O. The molecule has 0 saturated carbocycles. The van der Waals surface area contributed by atoms with Crippen LogP contribution in [0.1, 0.15) is 28.5 Å². The van der Waals surface area contributed by atoms with Gasteiger partial charge in [0.15, 0.2) is 0 Å². The van der Waals surface area contributed by atoms with Crippen molar-refractivity contribution in [2.75, 3.05) is 0 Å². The molecule has 0 amide bonds. The van der Waals surface area contributed by atoms with E-state index in [1.807, 2.05) is 43.3 Å². The normalized spacial score (nSPS) is 12.0. The Morgan fingerprint density at radius 2 is 1.86 bits per heavy atom. The topological polar surface area (TPSA) is 56.9 Å². The summed E-state index contributed by atoms with van der Waals surface area (Å²) >= 11 is 0. The van der Waals surface area contributed by atoms with Gasteiger partial charge in [-0.05, 0) is 48.4 Å². The van der Waals surface area contributed by atoms with Crippen LogP contribution in [0.3, 0.4) is 0 Å². The summed E-state index contributed by atoms with van der Waals surface area (Å²) in [6.45, 7) is 1.95. The first kappa shape index (κ1) is 13.3. The quantitative estimate of drug-likeness (QED) is 0.778. The van der Waals surface area contributed by atoms with Crippen LogP contribution in [0.2, 0.25) is 0 Å². The second-order valence-electron chi connectivity index (χ2n) is 5.04. The van der Waals surface area contributed by atoms with Gasteiger partial charge in [-0.15, -0.1) is 0 Å². The summed E-state index contributed by atoms with van der Waals surface area (Å²) in [4.78, 5) is 4.45. The minimum atomic E-state index is -0.746. The van der Waals surface area contributed by atoms with Crippen LogP contribution in [0.25, 0.3) is 10.9 Å². The Bertz CT molecular complexity index is 849. The molecule has 0 aliphatic rings. The maximum atomic E-state index is 10.5. The largest absolute Gasteiger partial charge is 0.384 e. The maximum absolute atomic E-state index is 10.5. The summed E-state index contributed by atoms with van der Waals surface area (Å²) in [5.41, 5.74) is 3.94. The molecule has 0 bridgehead atoms. The van der Waals surface area contributed by atoms with E-state index in [-0.39, 0.29) is 0 Å². The van der Waals surface area contributed by atoms with E-state index >= 15 is 0 Å². The lowest BCUT2D eigenvalue weighted by molar-refractivity contribution is 0.220. The number of aliphatic hydroxyl groups is 1. The van der Waals surface area contributed by atoms with E-state index < -0.39 is 6.10 Å². The van der Waals surface area contributed by atoms with Gasteiger partial charge in [0.1, 0.15) is 6.10 Å². The molecule has 3 rings (SSSR count). The van der Waals surface area contributed by atoms with Gasteiger partial charge >= 0.3 is 0 Å². The number of aliphatic hydroxyl groups excluding tert-OH is 1. The van der Waals surface area contributed by atoms with Gasteiger partial charge in [-0.2, -0.15) is 5.26 Å². The molecule has 1 unspecified atom stereocenters. The van der Waals surface area contributed by atoms with E-state index in [4.69, 9.17) is 5.26 Å². The van der Waals surface area contributed by atoms with E-state index in [0.29, 0.717) is 11.1 Å². The molecule has 0 saturated heterocycles. The number of rotatable bonds is 2. The van der Waals surface area contributed by atoms with Gasteiger partial charge in [0.25, 0.3) is 0 Å². The second kappa shape index (κ2) is 5.35. The molecular weight excluding hydrogens is 260 g/mol. The van der Waals surface area contributed by atoms with Crippen LogP contribution in [0.5, 0.6) is 0 Å². The van der Waals surface area contributed by atoms with Gasteiger partial charge in [-0.1, -0.05) is 24.3 Å². The third-order valence-electron chi connectivity index (χ3n) is 3.50. The smallest absolute Gasteiger partial charge is 0.104 e. The third-order valence-corrected chi connectivity index (χ3v) is 3.50. The van der Waals surface area contributed by atoms with Gasteiger partial charge < -0.3 is 5.11 Å². The lowest BCUT2D eigenvalue weighted by atomic mass is 9.98. The van der Waals surface area contributed by atoms with Crippen molar-refractivity contribution >= 4 is 10.9 Å². The minimum Gasteiger partial charge on any atom is -0.384 e. The van der Waals surface area contributed by atoms with E-state index in [0.717, 1.165) is 22.2 Å². The second-order valence-corrected chi connectivity index (χ2v) is 5.04. The highest BCUT2D eigenvalue weighted by molar-refractivity contribution is 5.79. The number of benzene rings is 2. The number of aromatic nitrogens is 1. The van der Waals surface area contributed by atoms with Gasteiger partial charge in [-0.25, -0.2) is 0 Å². The molecule has 1 N–H and O–H groups in total. The fraction of sp³-hybridized carbons (Fsp3) is 0.111. The van der Waals surface area contributed by atoms with Crippen molar-refractivity contribution in [3.63, 3.8) is 0 Å². The number of fused-ring (bicyclic) bond motifs is 1. The summed E-state index contributed by atoms with van der Waals surface area (Å²) < 4.78 is 0. The predicted octanol–water partition coefficient (Wildman–Crippen LogP) is 3.50. The molecule has 21 heavy (non-hydrogen) atoms. The van der Waals surface area contributed by atoms with Crippen LogP contribution in [0.15, 0.2) is 54.6 Å². The zero-order chi connectivity index (χ0) is 14.8. The Balaban J connectivity index is 2.03. The zero-order valence-corrected chi connectivity index (χ0v) is 11.6. The number of nitriles is 1. The van der Waals surface area contributed by atoms with Crippen molar-refractivity contribution in [1.29, 1.82) is 5.26 Å². The molecule has 1 heterocycles. The molecule has 3 aromatic rings. The lowest BCUT2D eigenvalue weighted by Gasteiger charge is -2.12. The van der Waals surface area contributed by atoms with Crippen molar-refractivity contribution in [2.24, 2.45) is 0 Å². The van der Waals surface area contributed by atoms with Crippen molar-refractivity contribution in [1.82, 2.24) is 4.98 Å². The summed E-state index contributed by atoms with van der Waals surface area (Å²) in [5, 5.41) is 20.4. The average molecular weight is 274 g/mol. The van der Waals surface area contributed by atoms with Crippen LogP contribution in [-0.4, -0.2) is 10.1 Å². The highest BCUT2D eigenvalue weighted by Gasteiger charge is 2.11. The first-order valence-electron chi connectivity index (χ1n) is 6.73. The summed E-state index contributed by atoms with van der Waals surface area (Å²) in [6, 6.07) is 18.8. The van der Waals surface area contributed by atoms with E-state index in [9.17, 15) is 5.11 Å². The van der Waals surface area contributed by atoms with Crippen LogP contribution in [-0.2, 0) is 0 Å². The van der Waals surface area contributed by atoms with E-state index in [1.165, 1.54) is 0 Å². The number of nitrogens with zero attached hydrogens (tertiary/aromatic N) is 2. The molecule has 0 aliphatic carbocycles. The molecule has 2 aromatic carbocycles. The van der Waals surface area contributed by atoms with Gasteiger partial charge in [0.2, 0.25) is 0 Å². The van der Waals surface area contributed by atoms with Crippen LogP contribution in [0, 0.1) is 18.3 Å². The SMILES string of the molecule is Cc1ccc2cc(C(O)c3cccc(C#N)c3)ccc2n1. The highest BCUT2D eigenvalue weighted by Crippen LogP contribution is 2.25. The molecule has 3 nitrogen and oxygen atoms in total. The zero-order valence-electron chi connectivity index (χ0n) is 11.6. The van der Waals surface area contributed by atoms with Crippen LogP contribution < -0.4 is 0 Å². The first-order chi connectivity index (χ1) is 10.2. The summed E-state index contributed by atoms with van der Waals surface area (Å²) in [6.07, 6.45) is -0.746. The highest BCUT2D eigenvalue weighted by atomic mass is 16.3. The molecule has 0 aliphatic heterocycles. The molecule has 0 fully saturated rings. The number of pyridine rings is 1. The van der Waals surface area contributed by atoms with Gasteiger partial charge in [0.05, 0.1) is 17.1 Å². The fourth-order valence-corrected chi connectivity index (χ4v) is 2.39. The number of aryl methyl sites for hydroxylation is 1. The van der Waals surface area contributed by atoms with Crippen molar-refractivity contribution in [3.8, 4) is 6.07 Å². The van der Waals surface area contributed by atoms with Crippen molar-refractivity contribution in [3.05, 3.63) is 77.0 Å². The van der Waals surface area contributed by atoms with Crippen LogP contribution in [0.4, 0.5) is 0 Å². The molecule has 1 aromatic heterocycles. The lowest BCUT2D eigenvalue weighted by Crippen LogP contribution is -2.00. The Kier molecular flexibility index (Phi) is 3.39. The number of hydrogen-bond donors (Lipinski definition) is 1. The van der Waals surface area contributed by atoms with E-state index in [2.05, 4.69) is 11.1 Å². The Hall–Kier alpha value is -2.70. The van der Waals surface area contributed by atoms with Gasteiger partial charge in [-0.3, -0.25) is 4.98 Å².